The van der Waals surface area contributed by atoms with Crippen molar-refractivity contribution in [1.29, 1.82) is 0 Å². The van der Waals surface area contributed by atoms with Crippen LogP contribution in [-0.2, 0) is 11.3 Å². The number of hydrogen-bond donors (Lipinski definition) is 1. The molecular formula is C16H23N3O. The van der Waals surface area contributed by atoms with Crippen molar-refractivity contribution < 1.29 is 4.79 Å². The highest BCUT2D eigenvalue weighted by Crippen LogP contribution is 2.35. The second-order valence-electron chi connectivity index (χ2n) is 6.36. The van der Waals surface area contributed by atoms with E-state index < -0.39 is 0 Å². The average Bonchev–Trinajstić information content (AvgIpc) is 3.30. The van der Waals surface area contributed by atoms with E-state index in [9.17, 15) is 4.79 Å². The number of hydrogen-bond acceptors (Lipinski definition) is 3. The summed E-state index contributed by atoms with van der Waals surface area (Å²) in [5, 5.41) is 3.38. The van der Waals surface area contributed by atoms with Gasteiger partial charge >= 0.3 is 0 Å². The van der Waals surface area contributed by atoms with Gasteiger partial charge in [-0.25, -0.2) is 0 Å². The fourth-order valence-corrected chi connectivity index (χ4v) is 3.02. The summed E-state index contributed by atoms with van der Waals surface area (Å²) >= 11 is 0. The van der Waals surface area contributed by atoms with Crippen molar-refractivity contribution in [3.63, 3.8) is 0 Å². The van der Waals surface area contributed by atoms with Crippen molar-refractivity contribution >= 4 is 5.91 Å². The van der Waals surface area contributed by atoms with Crippen LogP contribution in [0.1, 0.15) is 38.2 Å². The van der Waals surface area contributed by atoms with Crippen molar-refractivity contribution in [2.75, 3.05) is 13.1 Å². The van der Waals surface area contributed by atoms with Crippen molar-refractivity contribution in [1.82, 2.24) is 15.2 Å². The number of rotatable bonds is 4. The molecule has 1 saturated heterocycles. The summed E-state index contributed by atoms with van der Waals surface area (Å²) in [5.74, 6) is 0.323. The summed E-state index contributed by atoms with van der Waals surface area (Å²) in [4.78, 5) is 19.1. The number of pyridine rings is 1. The molecule has 108 valence electrons. The van der Waals surface area contributed by atoms with Gasteiger partial charge in [-0.1, -0.05) is 0 Å². The van der Waals surface area contributed by atoms with Crippen LogP contribution in [0.4, 0.5) is 0 Å². The molecule has 0 bridgehead atoms. The molecular weight excluding hydrogens is 250 g/mol. The fraction of sp³-hybridized carbons (Fsp3) is 0.625. The molecule has 0 spiro atoms. The monoisotopic (exact) mass is 273 g/mol. The molecule has 2 heterocycles. The minimum Gasteiger partial charge on any atom is -0.335 e. The summed E-state index contributed by atoms with van der Waals surface area (Å²) in [7, 11) is 0. The predicted molar refractivity (Wildman–Crippen MR) is 78.0 cm³/mol. The van der Waals surface area contributed by atoms with E-state index in [1.165, 1.54) is 5.56 Å². The Morgan fingerprint density at radius 1 is 1.45 bits per heavy atom. The second kappa shape index (κ2) is 5.52. The van der Waals surface area contributed by atoms with Crippen molar-refractivity contribution in [3.05, 3.63) is 30.1 Å². The third kappa shape index (κ3) is 2.85. The SMILES string of the molecule is CC1(C(=O)N(Cc2ccncc2)C2CC2)CCCNC1. The Labute approximate surface area is 120 Å². The molecule has 4 nitrogen and oxygen atoms in total. The molecule has 4 heteroatoms. The molecule has 0 radical (unpaired) electrons. The highest BCUT2D eigenvalue weighted by Gasteiger charge is 2.42. The molecule has 3 rings (SSSR count). The Balaban J connectivity index is 1.75. The van der Waals surface area contributed by atoms with E-state index in [1.54, 1.807) is 12.4 Å². The van der Waals surface area contributed by atoms with Gasteiger partial charge < -0.3 is 10.2 Å². The number of piperidine rings is 1. The van der Waals surface area contributed by atoms with E-state index in [1.807, 2.05) is 12.1 Å². The lowest BCUT2D eigenvalue weighted by Gasteiger charge is -2.37. The number of nitrogens with one attached hydrogen (secondary N) is 1. The molecule has 1 atom stereocenters. The van der Waals surface area contributed by atoms with E-state index in [2.05, 4.69) is 22.1 Å². The zero-order chi connectivity index (χ0) is 14.0. The zero-order valence-electron chi connectivity index (χ0n) is 12.1. The van der Waals surface area contributed by atoms with Crippen LogP contribution in [0.5, 0.6) is 0 Å². The first-order valence-electron chi connectivity index (χ1n) is 7.60. The summed E-state index contributed by atoms with van der Waals surface area (Å²) < 4.78 is 0. The van der Waals surface area contributed by atoms with Gasteiger partial charge in [-0.3, -0.25) is 9.78 Å². The van der Waals surface area contributed by atoms with E-state index in [4.69, 9.17) is 0 Å². The van der Waals surface area contributed by atoms with E-state index in [0.717, 1.165) is 45.3 Å². The van der Waals surface area contributed by atoms with Gasteiger partial charge in [-0.2, -0.15) is 0 Å². The lowest BCUT2D eigenvalue weighted by atomic mass is 9.81. The summed E-state index contributed by atoms with van der Waals surface area (Å²) in [6, 6.07) is 4.46. The smallest absolute Gasteiger partial charge is 0.230 e. The van der Waals surface area contributed by atoms with Gasteiger partial charge in [0.05, 0.1) is 5.41 Å². The molecule has 1 saturated carbocycles. The lowest BCUT2D eigenvalue weighted by molar-refractivity contribution is -0.143. The Morgan fingerprint density at radius 3 is 2.80 bits per heavy atom. The first kappa shape index (κ1) is 13.6. The van der Waals surface area contributed by atoms with Crippen molar-refractivity contribution in [3.8, 4) is 0 Å². The lowest BCUT2D eigenvalue weighted by Crippen LogP contribution is -2.50. The van der Waals surface area contributed by atoms with Gasteiger partial charge in [0.25, 0.3) is 0 Å². The molecule has 1 aliphatic carbocycles. The third-order valence-corrected chi connectivity index (χ3v) is 4.46. The van der Waals surface area contributed by atoms with Gasteiger partial charge in [0.1, 0.15) is 0 Å². The molecule has 2 aliphatic rings. The summed E-state index contributed by atoms with van der Waals surface area (Å²) in [6.07, 6.45) is 8.00. The quantitative estimate of drug-likeness (QED) is 0.912. The number of carbonyl (C=O) groups is 1. The molecule has 20 heavy (non-hydrogen) atoms. The van der Waals surface area contributed by atoms with Gasteiger partial charge in [0.15, 0.2) is 0 Å². The topological polar surface area (TPSA) is 45.2 Å². The number of carbonyl (C=O) groups excluding carboxylic acids is 1. The second-order valence-corrected chi connectivity index (χ2v) is 6.36. The Kier molecular flexibility index (Phi) is 3.74. The first-order chi connectivity index (χ1) is 9.69. The van der Waals surface area contributed by atoms with Gasteiger partial charge in [0, 0.05) is 31.5 Å². The highest BCUT2D eigenvalue weighted by atomic mass is 16.2. The Bertz CT molecular complexity index is 464. The van der Waals surface area contributed by atoms with Crippen LogP contribution >= 0.6 is 0 Å². The molecule has 1 aromatic rings. The minimum absolute atomic E-state index is 0.228. The molecule has 1 aliphatic heterocycles. The zero-order valence-corrected chi connectivity index (χ0v) is 12.1. The van der Waals surface area contributed by atoms with Crippen LogP contribution in [0.15, 0.2) is 24.5 Å². The van der Waals surface area contributed by atoms with Gasteiger partial charge in [0.2, 0.25) is 5.91 Å². The molecule has 1 unspecified atom stereocenters. The van der Waals surface area contributed by atoms with Gasteiger partial charge in [-0.05, 0) is 56.8 Å². The van der Waals surface area contributed by atoms with Gasteiger partial charge in [-0.15, -0.1) is 0 Å². The molecule has 0 aromatic carbocycles. The van der Waals surface area contributed by atoms with Crippen molar-refractivity contribution in [2.24, 2.45) is 5.41 Å². The van der Waals surface area contributed by atoms with Crippen molar-refractivity contribution in [2.45, 2.75) is 45.2 Å². The predicted octanol–water partition coefficient (Wildman–Crippen LogP) is 1.96. The van der Waals surface area contributed by atoms with E-state index >= 15 is 0 Å². The standard InChI is InChI=1S/C16H23N3O/c1-16(7-2-8-18-12-16)15(20)19(14-3-4-14)11-13-5-9-17-10-6-13/h5-6,9-10,14,18H,2-4,7-8,11-12H2,1H3. The number of aromatic nitrogens is 1. The van der Waals surface area contributed by atoms with Crippen LogP contribution in [0, 0.1) is 5.41 Å². The molecule has 1 aromatic heterocycles. The maximum absolute atomic E-state index is 13.0. The largest absolute Gasteiger partial charge is 0.335 e. The Hall–Kier alpha value is -1.42. The fourth-order valence-electron chi connectivity index (χ4n) is 3.02. The van der Waals surface area contributed by atoms with Crippen LogP contribution in [0.3, 0.4) is 0 Å². The summed E-state index contributed by atoms with van der Waals surface area (Å²) in [5.41, 5.74) is 0.945. The average molecular weight is 273 g/mol. The van der Waals surface area contributed by atoms with E-state index in [0.29, 0.717) is 11.9 Å². The van der Waals surface area contributed by atoms with Crippen LogP contribution in [-0.4, -0.2) is 34.9 Å². The van der Waals surface area contributed by atoms with E-state index in [-0.39, 0.29) is 5.41 Å². The Morgan fingerprint density at radius 2 is 2.20 bits per heavy atom. The minimum atomic E-state index is -0.228. The van der Waals surface area contributed by atoms with Crippen LogP contribution < -0.4 is 5.32 Å². The highest BCUT2D eigenvalue weighted by molar-refractivity contribution is 5.83. The van der Waals surface area contributed by atoms with Crippen LogP contribution in [0.2, 0.25) is 0 Å². The maximum Gasteiger partial charge on any atom is 0.230 e. The molecule has 2 fully saturated rings. The third-order valence-electron chi connectivity index (χ3n) is 4.46. The molecule has 1 N–H and O–H groups in total. The maximum atomic E-state index is 13.0. The molecule has 1 amide bonds. The van der Waals surface area contributed by atoms with Crippen LogP contribution in [0.25, 0.3) is 0 Å². The number of nitrogens with zero attached hydrogens (tertiary/aromatic N) is 2. The normalized spacial score (nSPS) is 26.2. The first-order valence-corrected chi connectivity index (χ1v) is 7.60. The number of amides is 1. The summed E-state index contributed by atoms with van der Waals surface area (Å²) in [6.45, 7) is 4.69.